The van der Waals surface area contributed by atoms with Crippen molar-refractivity contribution in [2.24, 2.45) is 10.7 Å². The molecular formula is C12H16N4O. The van der Waals surface area contributed by atoms with Gasteiger partial charge in [-0.1, -0.05) is 18.2 Å². The van der Waals surface area contributed by atoms with Crippen LogP contribution in [0.4, 0.5) is 5.69 Å². The molecule has 0 aliphatic carbocycles. The van der Waals surface area contributed by atoms with Gasteiger partial charge in [0.25, 0.3) is 0 Å². The third-order valence-corrected chi connectivity index (χ3v) is 2.94. The predicted molar refractivity (Wildman–Crippen MR) is 66.5 cm³/mol. The monoisotopic (exact) mass is 232 g/mol. The van der Waals surface area contributed by atoms with E-state index in [1.165, 1.54) is 0 Å². The molecule has 0 saturated carbocycles. The van der Waals surface area contributed by atoms with Crippen LogP contribution in [-0.4, -0.2) is 31.9 Å². The summed E-state index contributed by atoms with van der Waals surface area (Å²) >= 11 is 0. The molecule has 1 aromatic rings. The van der Waals surface area contributed by atoms with Crippen molar-refractivity contribution in [1.29, 1.82) is 0 Å². The number of hydrogen-bond acceptors (Lipinski definition) is 5. The molecular weight excluding hydrogens is 216 g/mol. The summed E-state index contributed by atoms with van der Waals surface area (Å²) in [5, 5.41) is 3.21. The van der Waals surface area contributed by atoms with Crippen molar-refractivity contribution in [3.05, 3.63) is 29.8 Å². The van der Waals surface area contributed by atoms with Gasteiger partial charge in [-0.2, -0.15) is 4.99 Å². The Labute approximate surface area is 100 Å². The predicted octanol–water partition coefficient (Wildman–Crippen LogP) is 0.217. The fraction of sp³-hybridized carbons (Fsp3) is 0.417. The second kappa shape index (κ2) is 5.59. The van der Waals surface area contributed by atoms with Crippen molar-refractivity contribution in [2.75, 3.05) is 24.5 Å². The van der Waals surface area contributed by atoms with Crippen LogP contribution in [0.5, 0.6) is 0 Å². The highest BCUT2D eigenvalue weighted by Gasteiger charge is 2.23. The molecule has 90 valence electrons. The van der Waals surface area contributed by atoms with E-state index >= 15 is 0 Å². The van der Waals surface area contributed by atoms with Crippen molar-refractivity contribution in [3.8, 4) is 0 Å². The molecule has 0 radical (unpaired) electrons. The van der Waals surface area contributed by atoms with Crippen molar-refractivity contribution >= 4 is 11.8 Å². The standard InChI is InChI=1S/C12H16N4O/c13-7-10-3-1-2-4-11(10)16-6-5-14-8-12(16)15-9-17/h1-4,12,14H,5-8,13H2. The normalized spacial score (nSPS) is 19.8. The second-order valence-electron chi connectivity index (χ2n) is 3.93. The molecule has 5 nitrogen and oxygen atoms in total. The number of isocyanates is 1. The summed E-state index contributed by atoms with van der Waals surface area (Å²) in [5.41, 5.74) is 7.85. The minimum absolute atomic E-state index is 0.186. The summed E-state index contributed by atoms with van der Waals surface area (Å²) in [6.07, 6.45) is 1.45. The van der Waals surface area contributed by atoms with Gasteiger partial charge in [0.05, 0.1) is 0 Å². The summed E-state index contributed by atoms with van der Waals surface area (Å²) in [6.45, 7) is 2.84. The van der Waals surface area contributed by atoms with E-state index in [0.29, 0.717) is 13.1 Å². The first-order chi connectivity index (χ1) is 8.36. The first-order valence-electron chi connectivity index (χ1n) is 5.69. The molecule has 1 atom stereocenters. The smallest absolute Gasteiger partial charge is 0.237 e. The molecule has 1 saturated heterocycles. The van der Waals surface area contributed by atoms with Crippen LogP contribution in [0.2, 0.25) is 0 Å². The van der Waals surface area contributed by atoms with Gasteiger partial charge in [-0.15, -0.1) is 0 Å². The van der Waals surface area contributed by atoms with Gasteiger partial charge in [-0.25, -0.2) is 4.79 Å². The van der Waals surface area contributed by atoms with Gasteiger partial charge in [0.15, 0.2) is 0 Å². The molecule has 1 aromatic carbocycles. The summed E-state index contributed by atoms with van der Waals surface area (Å²) in [6, 6.07) is 7.95. The Balaban J connectivity index is 2.32. The topological polar surface area (TPSA) is 70.7 Å². The second-order valence-corrected chi connectivity index (χ2v) is 3.93. The molecule has 1 heterocycles. The maximum absolute atomic E-state index is 10.4. The molecule has 2 rings (SSSR count). The van der Waals surface area contributed by atoms with Crippen LogP contribution in [0.25, 0.3) is 0 Å². The quantitative estimate of drug-likeness (QED) is 0.577. The lowest BCUT2D eigenvalue weighted by atomic mass is 10.1. The molecule has 5 heteroatoms. The van der Waals surface area contributed by atoms with Crippen LogP contribution in [0.15, 0.2) is 29.3 Å². The number of carbonyl (C=O) groups excluding carboxylic acids is 1. The van der Waals surface area contributed by atoms with Crippen LogP contribution in [0, 0.1) is 0 Å². The van der Waals surface area contributed by atoms with Crippen LogP contribution < -0.4 is 16.0 Å². The number of benzene rings is 1. The molecule has 0 spiro atoms. The van der Waals surface area contributed by atoms with Crippen LogP contribution in [-0.2, 0) is 11.3 Å². The SMILES string of the molecule is NCc1ccccc1N1CCNCC1N=C=O. The summed E-state index contributed by atoms with van der Waals surface area (Å²) in [7, 11) is 0. The van der Waals surface area contributed by atoms with E-state index in [0.717, 1.165) is 24.3 Å². The number of hydrogen-bond donors (Lipinski definition) is 2. The third-order valence-electron chi connectivity index (χ3n) is 2.94. The number of nitrogens with one attached hydrogen (secondary N) is 1. The Hall–Kier alpha value is -1.68. The molecule has 1 aliphatic rings. The number of rotatable bonds is 3. The first-order valence-corrected chi connectivity index (χ1v) is 5.69. The Morgan fingerprint density at radius 1 is 1.53 bits per heavy atom. The van der Waals surface area contributed by atoms with Crippen molar-refractivity contribution in [3.63, 3.8) is 0 Å². The fourth-order valence-corrected chi connectivity index (χ4v) is 2.11. The van der Waals surface area contributed by atoms with E-state index in [2.05, 4.69) is 15.2 Å². The maximum atomic E-state index is 10.4. The van der Waals surface area contributed by atoms with Gasteiger partial charge in [0.2, 0.25) is 6.08 Å². The number of nitrogens with two attached hydrogens (primary N) is 1. The largest absolute Gasteiger partial charge is 0.346 e. The number of aliphatic imine (C=N–C) groups is 1. The Bertz CT molecular complexity index is 428. The average molecular weight is 232 g/mol. The molecule has 1 unspecified atom stereocenters. The number of nitrogens with zero attached hydrogens (tertiary/aromatic N) is 2. The lowest BCUT2D eigenvalue weighted by Crippen LogP contribution is -2.50. The van der Waals surface area contributed by atoms with Gasteiger partial charge in [-0.05, 0) is 11.6 Å². The lowest BCUT2D eigenvalue weighted by Gasteiger charge is -2.35. The molecule has 3 N–H and O–H groups in total. The number of anilines is 1. The van der Waals surface area contributed by atoms with E-state index in [1.807, 2.05) is 24.3 Å². The number of piperazine rings is 1. The van der Waals surface area contributed by atoms with Gasteiger partial charge in [0, 0.05) is 31.9 Å². The molecule has 0 aromatic heterocycles. The minimum atomic E-state index is -0.186. The maximum Gasteiger partial charge on any atom is 0.237 e. The zero-order valence-corrected chi connectivity index (χ0v) is 9.60. The van der Waals surface area contributed by atoms with Gasteiger partial charge < -0.3 is 16.0 Å². The van der Waals surface area contributed by atoms with E-state index < -0.39 is 0 Å². The number of para-hydroxylation sites is 1. The average Bonchev–Trinajstić information content (AvgIpc) is 2.40. The molecule has 17 heavy (non-hydrogen) atoms. The highest BCUT2D eigenvalue weighted by molar-refractivity contribution is 5.55. The van der Waals surface area contributed by atoms with Crippen molar-refractivity contribution < 1.29 is 4.79 Å². The van der Waals surface area contributed by atoms with E-state index in [-0.39, 0.29) is 6.17 Å². The highest BCUT2D eigenvalue weighted by atomic mass is 16.1. The summed E-state index contributed by atoms with van der Waals surface area (Å²) in [5.74, 6) is 0. The Kier molecular flexibility index (Phi) is 3.88. The molecule has 1 fully saturated rings. The van der Waals surface area contributed by atoms with Crippen LogP contribution >= 0.6 is 0 Å². The lowest BCUT2D eigenvalue weighted by molar-refractivity contribution is 0.480. The molecule has 1 aliphatic heterocycles. The van der Waals surface area contributed by atoms with Gasteiger partial charge in [-0.3, -0.25) is 0 Å². The van der Waals surface area contributed by atoms with Crippen molar-refractivity contribution in [2.45, 2.75) is 12.7 Å². The highest BCUT2D eigenvalue weighted by Crippen LogP contribution is 2.23. The zero-order chi connectivity index (χ0) is 12.1. The summed E-state index contributed by atoms with van der Waals surface area (Å²) < 4.78 is 0. The van der Waals surface area contributed by atoms with Gasteiger partial charge in [0.1, 0.15) is 6.17 Å². The van der Waals surface area contributed by atoms with E-state index in [9.17, 15) is 4.79 Å². The minimum Gasteiger partial charge on any atom is -0.346 e. The fourth-order valence-electron chi connectivity index (χ4n) is 2.11. The van der Waals surface area contributed by atoms with E-state index in [4.69, 9.17) is 5.73 Å². The Morgan fingerprint density at radius 3 is 3.12 bits per heavy atom. The Morgan fingerprint density at radius 2 is 2.35 bits per heavy atom. The molecule has 0 bridgehead atoms. The summed E-state index contributed by atoms with van der Waals surface area (Å²) in [4.78, 5) is 16.4. The zero-order valence-electron chi connectivity index (χ0n) is 9.60. The van der Waals surface area contributed by atoms with Crippen LogP contribution in [0.1, 0.15) is 5.56 Å². The van der Waals surface area contributed by atoms with Crippen LogP contribution in [0.3, 0.4) is 0 Å². The molecule has 0 amide bonds. The van der Waals surface area contributed by atoms with Gasteiger partial charge >= 0.3 is 0 Å². The van der Waals surface area contributed by atoms with E-state index in [1.54, 1.807) is 6.08 Å². The van der Waals surface area contributed by atoms with Crippen molar-refractivity contribution in [1.82, 2.24) is 5.32 Å². The first kappa shape index (κ1) is 11.8. The third kappa shape index (κ3) is 2.53.